The molecule has 0 radical (unpaired) electrons. The van der Waals surface area contributed by atoms with Gasteiger partial charge in [-0.25, -0.2) is 0 Å². The number of rotatable bonds is 6. The highest BCUT2D eigenvalue weighted by molar-refractivity contribution is 5.94. The molecule has 2 aromatic rings. The van der Waals surface area contributed by atoms with Gasteiger partial charge in [0.05, 0.1) is 18.2 Å². The van der Waals surface area contributed by atoms with Crippen molar-refractivity contribution in [2.24, 2.45) is 5.73 Å². The lowest BCUT2D eigenvalue weighted by molar-refractivity contribution is 0.0941. The smallest absolute Gasteiger partial charge is 0.254 e. The number of nitrogens with one attached hydrogen (secondary N) is 1. The Morgan fingerprint density at radius 3 is 2.38 bits per heavy atom. The number of likely N-dealkylation sites (N-methyl/N-ethyl adjacent to an activating group) is 1. The summed E-state index contributed by atoms with van der Waals surface area (Å²) in [7, 11) is 4.00. The first-order chi connectivity index (χ1) is 10.5. The van der Waals surface area contributed by atoms with Crippen LogP contribution in [0.5, 0.6) is 0 Å². The van der Waals surface area contributed by atoms with Crippen LogP contribution in [0.3, 0.4) is 0 Å². The lowest BCUT2D eigenvalue weighted by Crippen LogP contribution is -2.34. The highest BCUT2D eigenvalue weighted by Crippen LogP contribution is 2.18. The maximum atomic E-state index is 12.2. The third kappa shape index (κ3) is 5.83. The van der Waals surface area contributed by atoms with Crippen LogP contribution in [0.15, 0.2) is 41.0 Å². The summed E-state index contributed by atoms with van der Waals surface area (Å²) in [5.41, 5.74) is 8.38. The molecule has 0 saturated carbocycles. The number of benzene rings is 1. The van der Waals surface area contributed by atoms with Crippen molar-refractivity contribution in [3.05, 3.63) is 59.0 Å². The monoisotopic (exact) mass is 373 g/mol. The molecule has 134 valence electrons. The predicted octanol–water partition coefficient (Wildman–Crippen LogP) is 2.92. The molecule has 0 saturated heterocycles. The number of halogens is 2. The average Bonchev–Trinajstić information content (AvgIpc) is 2.98. The third-order valence-corrected chi connectivity index (χ3v) is 3.66. The van der Waals surface area contributed by atoms with E-state index < -0.39 is 0 Å². The van der Waals surface area contributed by atoms with E-state index in [0.717, 1.165) is 0 Å². The molecule has 2 rings (SSSR count). The number of aryl methyl sites for hydroxylation is 1. The van der Waals surface area contributed by atoms with Crippen LogP contribution in [0.1, 0.15) is 33.3 Å². The van der Waals surface area contributed by atoms with Gasteiger partial charge in [-0.2, -0.15) is 0 Å². The molecule has 1 aromatic heterocycles. The van der Waals surface area contributed by atoms with Gasteiger partial charge in [0.25, 0.3) is 5.91 Å². The Hall–Kier alpha value is -1.53. The van der Waals surface area contributed by atoms with Gasteiger partial charge in [0.1, 0.15) is 12.0 Å². The summed E-state index contributed by atoms with van der Waals surface area (Å²) in [6.45, 7) is 2.87. The molecule has 5 nitrogen and oxygen atoms in total. The predicted molar refractivity (Wildman–Crippen MR) is 101 cm³/mol. The van der Waals surface area contributed by atoms with Gasteiger partial charge < -0.3 is 20.4 Å². The fraction of sp³-hybridized carbons (Fsp3) is 0.353. The molecule has 1 heterocycles. The molecule has 1 amide bonds. The van der Waals surface area contributed by atoms with Gasteiger partial charge >= 0.3 is 0 Å². The van der Waals surface area contributed by atoms with E-state index in [1.165, 1.54) is 17.4 Å². The van der Waals surface area contributed by atoms with E-state index in [1.54, 1.807) is 6.07 Å². The van der Waals surface area contributed by atoms with E-state index in [2.05, 4.69) is 41.4 Å². The molecule has 24 heavy (non-hydrogen) atoms. The van der Waals surface area contributed by atoms with Crippen molar-refractivity contribution >= 4 is 30.7 Å². The molecule has 0 aliphatic heterocycles. The van der Waals surface area contributed by atoms with Crippen LogP contribution in [-0.2, 0) is 6.54 Å². The number of carbonyl (C=O) groups is 1. The van der Waals surface area contributed by atoms with E-state index in [4.69, 9.17) is 10.2 Å². The lowest BCUT2D eigenvalue weighted by Gasteiger charge is -2.25. The number of hydrogen-bond acceptors (Lipinski definition) is 4. The van der Waals surface area contributed by atoms with Crippen molar-refractivity contribution in [3.8, 4) is 0 Å². The van der Waals surface area contributed by atoms with Gasteiger partial charge in [-0.3, -0.25) is 4.79 Å². The highest BCUT2D eigenvalue weighted by atomic mass is 35.5. The van der Waals surface area contributed by atoms with Crippen LogP contribution < -0.4 is 11.1 Å². The first kappa shape index (κ1) is 22.5. The minimum Gasteiger partial charge on any atom is -0.467 e. The molecule has 0 spiro atoms. The SMILES string of the molecule is Cc1ccc(C(CNC(=O)c2coc(CN)c2)N(C)C)cc1.Cl.Cl. The normalized spacial score (nSPS) is 11.4. The molecule has 1 aromatic carbocycles. The topological polar surface area (TPSA) is 71.5 Å². The van der Waals surface area contributed by atoms with Crippen LogP contribution in [0.25, 0.3) is 0 Å². The second-order valence-electron chi connectivity index (χ2n) is 5.61. The van der Waals surface area contributed by atoms with Crippen molar-refractivity contribution in [2.75, 3.05) is 20.6 Å². The fourth-order valence-corrected chi connectivity index (χ4v) is 2.29. The molecule has 0 aliphatic rings. The minimum atomic E-state index is -0.151. The van der Waals surface area contributed by atoms with Crippen LogP contribution in [0.2, 0.25) is 0 Å². The number of carbonyl (C=O) groups excluding carboxylic acids is 1. The van der Waals surface area contributed by atoms with Crippen molar-refractivity contribution in [1.29, 1.82) is 0 Å². The molecule has 1 unspecified atom stereocenters. The second-order valence-corrected chi connectivity index (χ2v) is 5.61. The van der Waals surface area contributed by atoms with Gasteiger partial charge in [0.2, 0.25) is 0 Å². The van der Waals surface area contributed by atoms with Crippen LogP contribution in [0.4, 0.5) is 0 Å². The molecule has 0 aliphatic carbocycles. The summed E-state index contributed by atoms with van der Waals surface area (Å²) in [5, 5.41) is 2.95. The van der Waals surface area contributed by atoms with Crippen molar-refractivity contribution in [1.82, 2.24) is 10.2 Å². The molecule has 0 fully saturated rings. The first-order valence-electron chi connectivity index (χ1n) is 7.30. The fourth-order valence-electron chi connectivity index (χ4n) is 2.29. The van der Waals surface area contributed by atoms with Gasteiger partial charge in [-0.1, -0.05) is 29.8 Å². The Kier molecular flexibility index (Phi) is 9.70. The van der Waals surface area contributed by atoms with E-state index >= 15 is 0 Å². The largest absolute Gasteiger partial charge is 0.467 e. The van der Waals surface area contributed by atoms with Crippen molar-refractivity contribution in [2.45, 2.75) is 19.5 Å². The van der Waals surface area contributed by atoms with Crippen LogP contribution in [0, 0.1) is 6.92 Å². The van der Waals surface area contributed by atoms with Crippen molar-refractivity contribution < 1.29 is 9.21 Å². The average molecular weight is 374 g/mol. The third-order valence-electron chi connectivity index (χ3n) is 3.66. The van der Waals surface area contributed by atoms with Gasteiger partial charge in [-0.15, -0.1) is 24.8 Å². The highest BCUT2D eigenvalue weighted by Gasteiger charge is 2.16. The van der Waals surface area contributed by atoms with Crippen LogP contribution in [-0.4, -0.2) is 31.4 Å². The van der Waals surface area contributed by atoms with E-state index in [9.17, 15) is 4.79 Å². The quantitative estimate of drug-likeness (QED) is 0.816. The summed E-state index contributed by atoms with van der Waals surface area (Å²) in [4.78, 5) is 14.2. The number of amides is 1. The van der Waals surface area contributed by atoms with E-state index in [-0.39, 0.29) is 43.3 Å². The zero-order chi connectivity index (χ0) is 16.1. The zero-order valence-corrected chi connectivity index (χ0v) is 15.7. The maximum Gasteiger partial charge on any atom is 0.254 e. The van der Waals surface area contributed by atoms with E-state index in [0.29, 0.717) is 17.9 Å². The number of furan rings is 1. The maximum absolute atomic E-state index is 12.2. The number of hydrogen-bond donors (Lipinski definition) is 2. The molecule has 7 heteroatoms. The van der Waals surface area contributed by atoms with Gasteiger partial charge in [0.15, 0.2) is 0 Å². The summed E-state index contributed by atoms with van der Waals surface area (Å²) < 4.78 is 5.19. The number of nitrogens with zero attached hydrogens (tertiary/aromatic N) is 1. The minimum absolute atomic E-state index is 0. The summed E-state index contributed by atoms with van der Waals surface area (Å²) in [6.07, 6.45) is 1.44. The first-order valence-corrected chi connectivity index (χ1v) is 7.30. The van der Waals surface area contributed by atoms with Crippen molar-refractivity contribution in [3.63, 3.8) is 0 Å². The molecule has 1 atom stereocenters. The van der Waals surface area contributed by atoms with Gasteiger partial charge in [-0.05, 0) is 32.6 Å². The molecule has 0 bridgehead atoms. The number of nitrogens with two attached hydrogens (primary N) is 1. The molecular formula is C17H25Cl2N3O2. The standard InChI is InChI=1S/C17H23N3O2.2ClH/c1-12-4-6-13(7-5-12)16(20(2)3)10-19-17(21)14-8-15(9-18)22-11-14;;/h4-8,11,16H,9-10,18H2,1-3H3,(H,19,21);2*1H. The summed E-state index contributed by atoms with van der Waals surface area (Å²) >= 11 is 0. The van der Waals surface area contributed by atoms with E-state index in [1.807, 2.05) is 14.1 Å². The Labute approximate surface area is 155 Å². The lowest BCUT2D eigenvalue weighted by atomic mass is 10.0. The second kappa shape index (κ2) is 10.4. The Balaban J connectivity index is 0.00000264. The Morgan fingerprint density at radius 1 is 1.25 bits per heavy atom. The molecular weight excluding hydrogens is 349 g/mol. The summed E-state index contributed by atoms with van der Waals surface area (Å²) in [6, 6.07) is 10.1. The Morgan fingerprint density at radius 2 is 1.88 bits per heavy atom. The van der Waals surface area contributed by atoms with Crippen LogP contribution >= 0.6 is 24.8 Å². The summed E-state index contributed by atoms with van der Waals surface area (Å²) in [5.74, 6) is 0.454. The Bertz CT molecular complexity index is 627. The molecule has 3 N–H and O–H groups in total. The zero-order valence-electron chi connectivity index (χ0n) is 14.1. The van der Waals surface area contributed by atoms with Gasteiger partial charge in [0, 0.05) is 6.54 Å².